The highest BCUT2D eigenvalue weighted by Gasteiger charge is 2.62. The number of hydrogen-bond acceptors (Lipinski definition) is 11. The van der Waals surface area contributed by atoms with Gasteiger partial charge in [0.15, 0.2) is 11.5 Å². The van der Waals surface area contributed by atoms with Gasteiger partial charge in [0.25, 0.3) is 5.91 Å². The van der Waals surface area contributed by atoms with Crippen LogP contribution >= 0.6 is 0 Å². The first kappa shape index (κ1) is 38.4. The van der Waals surface area contributed by atoms with Crippen molar-refractivity contribution in [1.29, 1.82) is 0 Å². The van der Waals surface area contributed by atoms with Gasteiger partial charge in [0.1, 0.15) is 29.8 Å². The average molecular weight is 762 g/mol. The summed E-state index contributed by atoms with van der Waals surface area (Å²) in [6.45, 7) is 7.28. The Balaban J connectivity index is 1.20. The molecule has 0 unspecified atom stereocenters. The van der Waals surface area contributed by atoms with Crippen LogP contribution in [0.25, 0.3) is 0 Å². The Morgan fingerprint density at radius 2 is 1.72 bits per heavy atom. The number of ether oxygens (including phenoxy) is 4. The van der Waals surface area contributed by atoms with E-state index in [9.17, 15) is 32.4 Å². The van der Waals surface area contributed by atoms with Crippen LogP contribution < -0.4 is 24.8 Å². The second-order valence-electron chi connectivity index (χ2n) is 16.0. The summed E-state index contributed by atoms with van der Waals surface area (Å²) < 4.78 is 49.8. The smallest absolute Gasteiger partial charge is 0.410 e. The van der Waals surface area contributed by atoms with Crippen LogP contribution in [-0.4, -0.2) is 104 Å². The molecule has 53 heavy (non-hydrogen) atoms. The van der Waals surface area contributed by atoms with Gasteiger partial charge in [-0.25, -0.2) is 18.0 Å². The van der Waals surface area contributed by atoms with Crippen LogP contribution in [0.2, 0.25) is 0 Å². The second kappa shape index (κ2) is 14.9. The Hall–Kier alpha value is -4.28. The molecule has 1 aromatic carbocycles. The van der Waals surface area contributed by atoms with Crippen molar-refractivity contribution in [3.63, 3.8) is 0 Å². The maximum Gasteiger partial charge on any atom is 0.410 e. The van der Waals surface area contributed by atoms with E-state index in [-0.39, 0.29) is 44.7 Å². The highest BCUT2D eigenvalue weighted by Crippen LogP contribution is 2.47. The van der Waals surface area contributed by atoms with Crippen molar-refractivity contribution in [2.75, 3.05) is 20.4 Å². The van der Waals surface area contributed by atoms with Crippen LogP contribution in [0.5, 0.6) is 11.5 Å². The Kier molecular flexibility index (Phi) is 10.8. The van der Waals surface area contributed by atoms with Gasteiger partial charge in [0.05, 0.1) is 11.8 Å². The SMILES string of the molecule is CC[C@H]1C[C@@]1(NC(=O)[C@@H]1C[C@@H](OC(=O)N(C)Cc2ccc3c(c2)OCO3)CN1C(=O)[C@@H](NC(=O)OC1CCCC1)C(C)(C)C)C(=O)NS(=O)(=O)C1CC1. The molecule has 17 heteroatoms. The van der Waals surface area contributed by atoms with Crippen LogP contribution in [0.3, 0.4) is 0 Å². The molecule has 0 bridgehead atoms. The van der Waals surface area contributed by atoms with E-state index < -0.39 is 74.3 Å². The normalized spacial score (nSPS) is 25.7. The minimum atomic E-state index is -3.89. The first-order valence-corrected chi connectivity index (χ1v) is 20.0. The monoisotopic (exact) mass is 761 g/mol. The maximum absolute atomic E-state index is 14.4. The quantitative estimate of drug-likeness (QED) is 0.283. The number of nitrogens with one attached hydrogen (secondary N) is 3. The van der Waals surface area contributed by atoms with Crippen LogP contribution in [0, 0.1) is 11.3 Å². The number of likely N-dealkylation sites (tertiary alicyclic amines) is 1. The molecule has 6 rings (SSSR count). The van der Waals surface area contributed by atoms with Crippen molar-refractivity contribution in [1.82, 2.24) is 25.2 Å². The lowest BCUT2D eigenvalue weighted by Crippen LogP contribution is -2.60. The topological polar surface area (TPSA) is 199 Å². The number of sulfonamides is 1. The lowest BCUT2D eigenvalue weighted by atomic mass is 9.85. The number of fused-ring (bicyclic) bond motifs is 1. The third-order valence-electron chi connectivity index (χ3n) is 10.8. The van der Waals surface area contributed by atoms with E-state index in [1.807, 2.05) is 6.92 Å². The average Bonchev–Trinajstić information content (AvgIpc) is 3.88. The molecule has 0 aromatic heterocycles. The zero-order valence-corrected chi connectivity index (χ0v) is 31.8. The number of carbonyl (C=O) groups excluding carboxylic acids is 5. The largest absolute Gasteiger partial charge is 0.454 e. The Morgan fingerprint density at radius 1 is 1.02 bits per heavy atom. The molecule has 3 N–H and O–H groups in total. The van der Waals surface area contributed by atoms with E-state index in [2.05, 4.69) is 15.4 Å². The van der Waals surface area contributed by atoms with Crippen molar-refractivity contribution in [3.05, 3.63) is 23.8 Å². The Bertz CT molecular complexity index is 1720. The summed E-state index contributed by atoms with van der Waals surface area (Å²) in [6, 6.07) is 2.98. The molecule has 292 valence electrons. The lowest BCUT2D eigenvalue weighted by Gasteiger charge is -2.35. The van der Waals surface area contributed by atoms with E-state index in [0.29, 0.717) is 30.8 Å². The molecule has 0 spiro atoms. The van der Waals surface area contributed by atoms with Gasteiger partial charge in [-0.15, -0.1) is 0 Å². The number of alkyl carbamates (subject to hydrolysis) is 1. The molecular weight excluding hydrogens is 710 g/mol. The minimum absolute atomic E-state index is 0.0978. The summed E-state index contributed by atoms with van der Waals surface area (Å²) in [6.07, 6.45) is 2.31. The van der Waals surface area contributed by atoms with Gasteiger partial charge >= 0.3 is 12.2 Å². The fraction of sp³-hybridized carbons (Fsp3) is 0.694. The van der Waals surface area contributed by atoms with Crippen molar-refractivity contribution >= 4 is 39.9 Å². The van der Waals surface area contributed by atoms with E-state index in [1.54, 1.807) is 46.0 Å². The lowest BCUT2D eigenvalue weighted by molar-refractivity contribution is -0.143. The van der Waals surface area contributed by atoms with E-state index in [4.69, 9.17) is 18.9 Å². The number of rotatable bonds is 12. The molecule has 0 radical (unpaired) electrons. The van der Waals surface area contributed by atoms with E-state index >= 15 is 0 Å². The van der Waals surface area contributed by atoms with Crippen LogP contribution in [0.4, 0.5) is 9.59 Å². The minimum Gasteiger partial charge on any atom is -0.454 e. The van der Waals surface area contributed by atoms with Gasteiger partial charge < -0.3 is 39.4 Å². The number of hydrogen-bond donors (Lipinski definition) is 3. The van der Waals surface area contributed by atoms with E-state index in [0.717, 1.165) is 31.2 Å². The molecule has 2 aliphatic heterocycles. The van der Waals surface area contributed by atoms with Gasteiger partial charge in [-0.05, 0) is 74.0 Å². The zero-order chi connectivity index (χ0) is 38.3. The fourth-order valence-electron chi connectivity index (χ4n) is 7.40. The summed E-state index contributed by atoms with van der Waals surface area (Å²) in [5.41, 5.74) is -1.54. The van der Waals surface area contributed by atoms with Gasteiger partial charge in [-0.2, -0.15) is 0 Å². The molecule has 4 fully saturated rings. The molecule has 3 aliphatic carbocycles. The van der Waals surface area contributed by atoms with Crippen molar-refractivity contribution in [2.45, 2.75) is 127 Å². The molecule has 3 saturated carbocycles. The maximum atomic E-state index is 14.4. The van der Waals surface area contributed by atoms with Crippen LogP contribution in [0.1, 0.15) is 91.0 Å². The highest BCUT2D eigenvalue weighted by molar-refractivity contribution is 7.91. The van der Waals surface area contributed by atoms with Gasteiger partial charge in [-0.3, -0.25) is 19.1 Å². The summed E-state index contributed by atoms with van der Waals surface area (Å²) in [7, 11) is -2.33. The Labute approximate surface area is 310 Å². The third-order valence-corrected chi connectivity index (χ3v) is 12.6. The predicted molar refractivity (Wildman–Crippen MR) is 189 cm³/mol. The van der Waals surface area contributed by atoms with Crippen LogP contribution in [0.15, 0.2) is 18.2 Å². The molecule has 1 saturated heterocycles. The molecule has 5 aliphatic rings. The number of benzene rings is 1. The first-order chi connectivity index (χ1) is 25.0. The van der Waals surface area contributed by atoms with Crippen molar-refractivity contribution < 1.29 is 51.3 Å². The summed E-state index contributed by atoms with van der Waals surface area (Å²) in [4.78, 5) is 71.1. The highest BCUT2D eigenvalue weighted by atomic mass is 32.2. The molecular formula is C36H51N5O11S. The van der Waals surface area contributed by atoms with Crippen molar-refractivity contribution in [3.8, 4) is 11.5 Å². The first-order valence-electron chi connectivity index (χ1n) is 18.5. The van der Waals surface area contributed by atoms with Crippen LogP contribution in [-0.2, 0) is 40.4 Å². The number of amides is 5. The molecule has 16 nitrogen and oxygen atoms in total. The molecule has 2 heterocycles. The third kappa shape index (κ3) is 8.60. The summed E-state index contributed by atoms with van der Waals surface area (Å²) in [5.74, 6) is -1.24. The molecule has 5 amide bonds. The molecule has 1 aromatic rings. The van der Waals surface area contributed by atoms with Gasteiger partial charge in [0.2, 0.25) is 28.6 Å². The number of carbonyl (C=O) groups is 5. The van der Waals surface area contributed by atoms with Crippen molar-refractivity contribution in [2.24, 2.45) is 11.3 Å². The van der Waals surface area contributed by atoms with Gasteiger partial charge in [0, 0.05) is 20.0 Å². The summed E-state index contributed by atoms with van der Waals surface area (Å²) >= 11 is 0. The summed E-state index contributed by atoms with van der Waals surface area (Å²) in [5, 5.41) is 4.89. The standard InChI is InChI=1S/C36H51N5O11S/c1-6-22-17-36(22,32(44)39-53(47,48)25-12-13-25)38-30(42)26-16-24(52-34(46)40(5)18-21-11-14-27-28(15-21)50-20-49-27)19-41(26)31(43)29(35(2,3)4)37-33(45)51-23-9-7-8-10-23/h11,14-15,22-26,29H,6-10,12-13,16-20H2,1-5H3,(H,37,45)(H,38,42)(H,39,44)/t22-,24+,26-,29+,36-/m0/s1. The van der Waals surface area contributed by atoms with E-state index in [1.165, 1.54) is 9.80 Å². The van der Waals surface area contributed by atoms with Gasteiger partial charge in [-0.1, -0.05) is 40.2 Å². The second-order valence-corrected chi connectivity index (χ2v) is 18.0. The Morgan fingerprint density at radius 3 is 2.36 bits per heavy atom. The number of nitrogens with zero attached hydrogens (tertiary/aromatic N) is 2. The zero-order valence-electron chi connectivity index (χ0n) is 31.0. The fourth-order valence-corrected chi connectivity index (χ4v) is 8.77. The predicted octanol–water partition coefficient (Wildman–Crippen LogP) is 2.93. The molecule has 5 atom stereocenters.